The maximum Gasteiger partial charge on any atom is 0.191 e. The van der Waals surface area contributed by atoms with Crippen molar-refractivity contribution in [1.82, 2.24) is 10.6 Å². The van der Waals surface area contributed by atoms with Gasteiger partial charge in [0.05, 0.1) is 12.6 Å². The van der Waals surface area contributed by atoms with Crippen LogP contribution >= 0.6 is 35.7 Å². The van der Waals surface area contributed by atoms with Crippen LogP contribution in [0.25, 0.3) is 0 Å². The van der Waals surface area contributed by atoms with Gasteiger partial charge in [-0.2, -0.15) is 11.8 Å². The highest BCUT2D eigenvalue weighted by atomic mass is 127. The molecule has 0 spiro atoms. The van der Waals surface area contributed by atoms with E-state index in [4.69, 9.17) is 0 Å². The summed E-state index contributed by atoms with van der Waals surface area (Å²) in [6, 6.07) is 5.88. The fraction of sp³-hybridized carbons (Fsp3) is 0.562. The van der Waals surface area contributed by atoms with Gasteiger partial charge in [-0.1, -0.05) is 12.1 Å². The van der Waals surface area contributed by atoms with Crippen LogP contribution in [0.5, 0.6) is 0 Å². The smallest absolute Gasteiger partial charge is 0.191 e. The molecule has 0 aromatic heterocycles. The van der Waals surface area contributed by atoms with Gasteiger partial charge in [0.25, 0.3) is 0 Å². The average molecular weight is 453 g/mol. The lowest BCUT2D eigenvalue weighted by atomic mass is 10.1. The van der Waals surface area contributed by atoms with E-state index in [0.717, 1.165) is 19.0 Å². The molecule has 3 N–H and O–H groups in total. The third-order valence-electron chi connectivity index (χ3n) is 3.54. The van der Waals surface area contributed by atoms with Crippen LogP contribution in [0, 0.1) is 5.82 Å². The quantitative estimate of drug-likeness (QED) is 0.352. The molecule has 130 valence electrons. The molecule has 0 bridgehead atoms. The van der Waals surface area contributed by atoms with E-state index in [9.17, 15) is 9.50 Å². The Morgan fingerprint density at radius 2 is 2.13 bits per heavy atom. The molecule has 7 heteroatoms. The Hall–Kier alpha value is -0.540. The van der Waals surface area contributed by atoms with Gasteiger partial charge in [0, 0.05) is 18.3 Å². The number of halogens is 2. The number of aliphatic hydroxyl groups is 1. The van der Waals surface area contributed by atoms with Crippen LogP contribution in [0.2, 0.25) is 0 Å². The lowest BCUT2D eigenvalue weighted by Crippen LogP contribution is -2.40. The van der Waals surface area contributed by atoms with E-state index in [0.29, 0.717) is 10.8 Å². The van der Waals surface area contributed by atoms with Crippen LogP contribution in [-0.2, 0) is 0 Å². The van der Waals surface area contributed by atoms with Crippen molar-refractivity contribution < 1.29 is 9.50 Å². The number of hydrogen-bond acceptors (Lipinski definition) is 3. The number of nitrogens with one attached hydrogen (secondary N) is 2. The molecule has 4 nitrogen and oxygen atoms in total. The molecule has 2 rings (SSSR count). The van der Waals surface area contributed by atoms with E-state index in [1.54, 1.807) is 12.1 Å². The molecule has 1 aliphatic heterocycles. The summed E-state index contributed by atoms with van der Waals surface area (Å²) in [7, 11) is 0. The van der Waals surface area contributed by atoms with Crippen LogP contribution in [-0.4, -0.2) is 41.7 Å². The predicted molar refractivity (Wildman–Crippen MR) is 106 cm³/mol. The van der Waals surface area contributed by atoms with Crippen LogP contribution < -0.4 is 10.6 Å². The Labute approximate surface area is 158 Å². The van der Waals surface area contributed by atoms with E-state index >= 15 is 0 Å². The van der Waals surface area contributed by atoms with Crippen molar-refractivity contribution in [3.05, 3.63) is 35.6 Å². The maximum atomic E-state index is 12.9. The molecule has 23 heavy (non-hydrogen) atoms. The zero-order chi connectivity index (χ0) is 15.8. The van der Waals surface area contributed by atoms with Crippen molar-refractivity contribution in [2.45, 2.75) is 31.1 Å². The summed E-state index contributed by atoms with van der Waals surface area (Å²) < 4.78 is 12.9. The molecule has 2 unspecified atom stereocenters. The Morgan fingerprint density at radius 3 is 2.74 bits per heavy atom. The molecule has 1 saturated heterocycles. The second-order valence-electron chi connectivity index (χ2n) is 5.30. The molecule has 1 fully saturated rings. The van der Waals surface area contributed by atoms with Gasteiger partial charge in [-0.25, -0.2) is 4.39 Å². The summed E-state index contributed by atoms with van der Waals surface area (Å²) in [6.07, 6.45) is 1.81. The number of hydrogen-bond donors (Lipinski definition) is 3. The third kappa shape index (κ3) is 7.26. The molecule has 0 amide bonds. The van der Waals surface area contributed by atoms with Gasteiger partial charge < -0.3 is 15.7 Å². The van der Waals surface area contributed by atoms with Crippen molar-refractivity contribution in [2.24, 2.45) is 4.99 Å². The number of thioether (sulfide) groups is 1. The largest absolute Gasteiger partial charge is 0.386 e. The van der Waals surface area contributed by atoms with E-state index in [2.05, 4.69) is 15.6 Å². The monoisotopic (exact) mass is 453 g/mol. The summed E-state index contributed by atoms with van der Waals surface area (Å²) >= 11 is 1.99. The van der Waals surface area contributed by atoms with Crippen LogP contribution in [0.15, 0.2) is 29.3 Å². The number of nitrogens with zero attached hydrogens (tertiary/aromatic N) is 1. The number of guanidine groups is 1. The number of aliphatic hydroxyl groups excluding tert-OH is 1. The van der Waals surface area contributed by atoms with Crippen molar-refractivity contribution in [1.29, 1.82) is 0 Å². The minimum Gasteiger partial charge on any atom is -0.386 e. The van der Waals surface area contributed by atoms with Crippen molar-refractivity contribution >= 4 is 41.7 Å². The van der Waals surface area contributed by atoms with E-state index in [1.807, 2.05) is 18.7 Å². The van der Waals surface area contributed by atoms with Gasteiger partial charge in [-0.3, -0.25) is 4.99 Å². The van der Waals surface area contributed by atoms with Crippen molar-refractivity contribution in [3.8, 4) is 0 Å². The summed E-state index contributed by atoms with van der Waals surface area (Å²) in [5, 5.41) is 17.3. The third-order valence-corrected chi connectivity index (χ3v) is 4.94. The highest BCUT2D eigenvalue weighted by Gasteiger charge is 2.15. The van der Waals surface area contributed by atoms with Gasteiger partial charge in [0.2, 0.25) is 0 Å². The Bertz CT molecular complexity index is 481. The average Bonchev–Trinajstić information content (AvgIpc) is 3.04. The standard InChI is InChI=1S/C16H24FN3OS.HI/c1-2-18-16(19-10-14-4-3-9-22-14)20-11-15(21)12-5-7-13(17)8-6-12;/h5-8,14-15,21H,2-4,9-11H2,1H3,(H2,18,19,20);1H. The predicted octanol–water partition coefficient (Wildman–Crippen LogP) is 2.93. The number of rotatable bonds is 6. The van der Waals surface area contributed by atoms with Crippen molar-refractivity contribution in [2.75, 3.05) is 25.4 Å². The van der Waals surface area contributed by atoms with Gasteiger partial charge in [0.15, 0.2) is 5.96 Å². The summed E-state index contributed by atoms with van der Waals surface area (Å²) in [6.45, 7) is 3.93. The molecule has 1 aromatic carbocycles. The first kappa shape index (κ1) is 20.5. The molecule has 0 radical (unpaired) electrons. The van der Waals surface area contributed by atoms with Crippen LogP contribution in [0.4, 0.5) is 4.39 Å². The fourth-order valence-electron chi connectivity index (χ4n) is 2.33. The summed E-state index contributed by atoms with van der Waals surface area (Å²) in [4.78, 5) is 4.41. The molecule has 1 aromatic rings. The molecule has 1 aliphatic rings. The lowest BCUT2D eigenvalue weighted by molar-refractivity contribution is 0.187. The van der Waals surface area contributed by atoms with Gasteiger partial charge in [-0.15, -0.1) is 24.0 Å². The number of aliphatic imine (C=N–C) groups is 1. The fourth-order valence-corrected chi connectivity index (χ4v) is 3.53. The second kappa shape index (κ2) is 11.1. The molecule has 0 saturated carbocycles. The van der Waals surface area contributed by atoms with Crippen LogP contribution in [0.1, 0.15) is 31.4 Å². The van der Waals surface area contributed by atoms with Gasteiger partial charge in [0.1, 0.15) is 5.82 Å². The topological polar surface area (TPSA) is 56.7 Å². The first-order chi connectivity index (χ1) is 10.7. The Balaban J connectivity index is 0.00000264. The second-order valence-corrected chi connectivity index (χ2v) is 6.71. The van der Waals surface area contributed by atoms with E-state index in [-0.39, 0.29) is 36.3 Å². The zero-order valence-corrected chi connectivity index (χ0v) is 16.4. The maximum absolute atomic E-state index is 12.9. The molecule has 2 atom stereocenters. The minimum atomic E-state index is -0.725. The summed E-state index contributed by atoms with van der Waals surface area (Å²) in [5.41, 5.74) is 0.673. The first-order valence-electron chi connectivity index (χ1n) is 7.76. The molecule has 0 aliphatic carbocycles. The minimum absolute atomic E-state index is 0. The zero-order valence-electron chi connectivity index (χ0n) is 13.3. The highest BCUT2D eigenvalue weighted by molar-refractivity contribution is 14.0. The van der Waals surface area contributed by atoms with Crippen molar-refractivity contribution in [3.63, 3.8) is 0 Å². The van der Waals surface area contributed by atoms with Gasteiger partial charge in [-0.05, 0) is 43.2 Å². The Morgan fingerprint density at radius 1 is 1.39 bits per heavy atom. The highest BCUT2D eigenvalue weighted by Crippen LogP contribution is 2.25. The van der Waals surface area contributed by atoms with E-state index < -0.39 is 6.10 Å². The first-order valence-corrected chi connectivity index (χ1v) is 8.81. The Kier molecular flexibility index (Phi) is 9.89. The normalized spacial score (nSPS) is 19.1. The molecule has 1 heterocycles. The molecular weight excluding hydrogens is 428 g/mol. The summed E-state index contributed by atoms with van der Waals surface area (Å²) in [5.74, 6) is 1.66. The SMILES string of the molecule is CCNC(=NCC(O)c1ccc(F)cc1)NCC1CCCS1.I. The molecular formula is C16H25FIN3OS. The van der Waals surface area contributed by atoms with Gasteiger partial charge >= 0.3 is 0 Å². The number of benzene rings is 1. The lowest BCUT2D eigenvalue weighted by Gasteiger charge is -2.15. The van der Waals surface area contributed by atoms with E-state index in [1.165, 1.54) is 30.7 Å². The van der Waals surface area contributed by atoms with Crippen LogP contribution in [0.3, 0.4) is 0 Å².